The van der Waals surface area contributed by atoms with Crippen LogP contribution in [0.4, 0.5) is 5.82 Å². The second kappa shape index (κ2) is 7.40. The van der Waals surface area contributed by atoms with Crippen LogP contribution in [0.5, 0.6) is 0 Å². The van der Waals surface area contributed by atoms with Crippen molar-refractivity contribution < 1.29 is 36.8 Å². The summed E-state index contributed by atoms with van der Waals surface area (Å²) in [4.78, 5) is 30.5. The summed E-state index contributed by atoms with van der Waals surface area (Å²) in [6.45, 7) is -0.415. The van der Waals surface area contributed by atoms with Crippen LogP contribution in [-0.4, -0.2) is 42.0 Å². The van der Waals surface area contributed by atoms with E-state index in [-0.39, 0.29) is 5.82 Å². The lowest BCUT2D eigenvalue weighted by molar-refractivity contribution is -0.00649. The molecular formula is C10H14N5O8P3. The Labute approximate surface area is 148 Å². The fourth-order valence-electron chi connectivity index (χ4n) is 2.14. The molecule has 0 saturated carbocycles. The predicted molar refractivity (Wildman–Crippen MR) is 90.3 cm³/mol. The maximum Gasteiger partial charge on any atom is 0.483 e. The van der Waals surface area contributed by atoms with Crippen LogP contribution < -0.4 is 5.73 Å². The molecule has 1 aliphatic heterocycles. The Morgan fingerprint density at radius 1 is 1.27 bits per heavy atom. The van der Waals surface area contributed by atoms with Gasteiger partial charge in [0.15, 0.2) is 17.7 Å². The van der Waals surface area contributed by atoms with Crippen molar-refractivity contribution in [2.45, 2.75) is 12.3 Å². The number of nitrogens with two attached hydrogens (primary N) is 1. The molecule has 0 radical (unpaired) electrons. The van der Waals surface area contributed by atoms with Crippen molar-refractivity contribution in [1.82, 2.24) is 19.5 Å². The number of imidazole rings is 1. The van der Waals surface area contributed by atoms with Gasteiger partial charge in [0.25, 0.3) is 0 Å². The molecule has 0 aliphatic carbocycles. The number of nitrogen functional groups attached to an aromatic ring is 1. The number of aromatic nitrogens is 4. The molecule has 5 atom stereocenters. The minimum atomic E-state index is -4.83. The summed E-state index contributed by atoms with van der Waals surface area (Å²) in [5.74, 6) is 0.221. The molecule has 13 nitrogen and oxygen atoms in total. The van der Waals surface area contributed by atoms with Crippen LogP contribution in [0.3, 0.4) is 0 Å². The van der Waals surface area contributed by atoms with Gasteiger partial charge in [-0.1, -0.05) is 6.08 Å². The molecule has 16 heteroatoms. The standard InChI is InChI=1S/C10H14N5O8P3/c11-9-8-10(13-4-12-9)15(5-14-8)7-2-1-6(21-7)3-20-25(16,17)23-26(18,19)22-24/h1-2,4-7H,3,24H2,(H,16,17)(H,18,19)(H2,11,12,13). The van der Waals surface area contributed by atoms with Gasteiger partial charge in [-0.3, -0.25) is 13.4 Å². The molecule has 0 saturated heterocycles. The van der Waals surface area contributed by atoms with Gasteiger partial charge < -0.3 is 20.3 Å². The number of nitrogens with zero attached hydrogens (tertiary/aromatic N) is 4. The van der Waals surface area contributed by atoms with Gasteiger partial charge in [0.1, 0.15) is 17.9 Å². The van der Waals surface area contributed by atoms with E-state index in [1.54, 1.807) is 16.7 Å². The zero-order valence-corrected chi connectivity index (χ0v) is 15.8. The number of anilines is 1. The van der Waals surface area contributed by atoms with Crippen molar-refractivity contribution in [1.29, 1.82) is 0 Å². The fraction of sp³-hybridized carbons (Fsp3) is 0.300. The van der Waals surface area contributed by atoms with Crippen molar-refractivity contribution >= 4 is 42.1 Å². The highest BCUT2D eigenvalue weighted by Gasteiger charge is 2.35. The Bertz CT molecular complexity index is 935. The highest BCUT2D eigenvalue weighted by Crippen LogP contribution is 2.61. The number of phosphoric ester groups is 1. The predicted octanol–water partition coefficient (Wildman–Crippen LogP) is 0.903. The zero-order chi connectivity index (χ0) is 18.9. The van der Waals surface area contributed by atoms with E-state index in [9.17, 15) is 14.0 Å². The van der Waals surface area contributed by atoms with E-state index in [0.29, 0.717) is 11.2 Å². The zero-order valence-electron chi connectivity index (χ0n) is 12.9. The number of phosphoric acid groups is 2. The van der Waals surface area contributed by atoms with Gasteiger partial charge in [0, 0.05) is 9.47 Å². The summed E-state index contributed by atoms with van der Waals surface area (Å²) >= 11 is 0. The monoisotopic (exact) mass is 425 g/mol. The van der Waals surface area contributed by atoms with Crippen molar-refractivity contribution in [2.24, 2.45) is 0 Å². The third kappa shape index (κ3) is 4.34. The van der Waals surface area contributed by atoms with Crippen molar-refractivity contribution in [2.75, 3.05) is 12.3 Å². The second-order valence-corrected chi connectivity index (χ2v) is 8.58. The summed E-state index contributed by atoms with van der Waals surface area (Å²) < 4.78 is 42.7. The minimum Gasteiger partial charge on any atom is -0.382 e. The molecule has 2 aromatic rings. The van der Waals surface area contributed by atoms with Gasteiger partial charge >= 0.3 is 15.6 Å². The number of fused-ring (bicyclic) bond motifs is 1. The summed E-state index contributed by atoms with van der Waals surface area (Å²) in [7, 11) is -8.09. The van der Waals surface area contributed by atoms with E-state index in [1.807, 2.05) is 0 Å². The van der Waals surface area contributed by atoms with Crippen LogP contribution >= 0.6 is 25.1 Å². The first kappa shape index (κ1) is 19.5. The summed E-state index contributed by atoms with van der Waals surface area (Å²) in [5.41, 5.74) is 6.58. The quantitative estimate of drug-likeness (QED) is 0.422. The molecular weight excluding hydrogens is 411 g/mol. The van der Waals surface area contributed by atoms with Crippen molar-refractivity contribution in [3.05, 3.63) is 24.8 Å². The average Bonchev–Trinajstić information content (AvgIpc) is 3.19. The van der Waals surface area contributed by atoms with E-state index in [4.69, 9.17) is 15.4 Å². The number of hydrogen-bond acceptors (Lipinski definition) is 10. The molecule has 4 N–H and O–H groups in total. The molecule has 5 unspecified atom stereocenters. The number of ether oxygens (including phenoxy) is 1. The first-order chi connectivity index (χ1) is 12.2. The van der Waals surface area contributed by atoms with Crippen molar-refractivity contribution in [3.63, 3.8) is 0 Å². The van der Waals surface area contributed by atoms with Crippen LogP contribution in [0, 0.1) is 0 Å². The van der Waals surface area contributed by atoms with Crippen LogP contribution in [0.1, 0.15) is 6.23 Å². The Morgan fingerprint density at radius 2 is 2.04 bits per heavy atom. The maximum absolute atomic E-state index is 11.6. The van der Waals surface area contributed by atoms with Crippen LogP contribution in [-0.2, 0) is 27.0 Å². The first-order valence-electron chi connectivity index (χ1n) is 6.87. The lowest BCUT2D eigenvalue weighted by Gasteiger charge is -2.18. The largest absolute Gasteiger partial charge is 0.483 e. The van der Waals surface area contributed by atoms with Crippen LogP contribution in [0.15, 0.2) is 24.8 Å². The number of rotatable bonds is 7. The fourth-order valence-corrected chi connectivity index (χ4v) is 4.21. The van der Waals surface area contributed by atoms with E-state index in [2.05, 4.69) is 28.1 Å². The molecule has 0 spiro atoms. The normalized spacial score (nSPS) is 24.6. The molecule has 142 valence electrons. The van der Waals surface area contributed by atoms with Gasteiger partial charge in [-0.15, -0.1) is 0 Å². The Balaban J connectivity index is 1.63. The molecule has 3 rings (SSSR count). The molecule has 0 amide bonds. The molecule has 0 bridgehead atoms. The van der Waals surface area contributed by atoms with Gasteiger partial charge in [-0.2, -0.15) is 4.31 Å². The molecule has 0 aromatic carbocycles. The molecule has 0 fully saturated rings. The SMILES string of the molecule is Nc1ncnc2c1ncn2C1C=CC(COP(=O)(O)OP(=O)(O)OP)O1. The summed E-state index contributed by atoms with van der Waals surface area (Å²) in [6.07, 6.45) is 4.64. The lowest BCUT2D eigenvalue weighted by Crippen LogP contribution is -2.17. The first-order valence-corrected chi connectivity index (χ1v) is 10.3. The van der Waals surface area contributed by atoms with E-state index in [0.717, 1.165) is 0 Å². The smallest absolute Gasteiger partial charge is 0.382 e. The van der Waals surface area contributed by atoms with E-state index < -0.39 is 34.6 Å². The van der Waals surface area contributed by atoms with Gasteiger partial charge in [-0.25, -0.2) is 24.1 Å². The van der Waals surface area contributed by atoms with E-state index >= 15 is 0 Å². The Kier molecular flexibility index (Phi) is 5.55. The summed E-state index contributed by atoms with van der Waals surface area (Å²) in [6, 6.07) is 0. The minimum absolute atomic E-state index is 0.221. The Hall–Kier alpha value is -1.26. The highest BCUT2D eigenvalue weighted by molar-refractivity contribution is 7.63. The molecule has 3 heterocycles. The van der Waals surface area contributed by atoms with Gasteiger partial charge in [-0.05, 0) is 6.08 Å². The average molecular weight is 425 g/mol. The topological polar surface area (TPSA) is 181 Å². The molecule has 1 aliphatic rings. The van der Waals surface area contributed by atoms with Gasteiger partial charge in [0.05, 0.1) is 12.9 Å². The Morgan fingerprint density at radius 3 is 2.77 bits per heavy atom. The maximum atomic E-state index is 11.6. The third-order valence-electron chi connectivity index (χ3n) is 3.21. The van der Waals surface area contributed by atoms with Crippen LogP contribution in [0.2, 0.25) is 0 Å². The number of hydrogen-bond donors (Lipinski definition) is 3. The third-order valence-corrected chi connectivity index (χ3v) is 6.40. The summed E-state index contributed by atoms with van der Waals surface area (Å²) in [5, 5.41) is 0. The van der Waals surface area contributed by atoms with Crippen LogP contribution in [0.25, 0.3) is 11.2 Å². The van der Waals surface area contributed by atoms with E-state index in [1.165, 1.54) is 22.1 Å². The molecule has 2 aromatic heterocycles. The molecule has 26 heavy (non-hydrogen) atoms. The van der Waals surface area contributed by atoms with Gasteiger partial charge in [0.2, 0.25) is 0 Å². The highest BCUT2D eigenvalue weighted by atomic mass is 31.3. The second-order valence-electron chi connectivity index (χ2n) is 4.95. The van der Waals surface area contributed by atoms with Crippen molar-refractivity contribution in [3.8, 4) is 0 Å². The lowest BCUT2D eigenvalue weighted by atomic mass is 10.4.